The van der Waals surface area contributed by atoms with Gasteiger partial charge in [-0.05, 0) is 25.8 Å². The van der Waals surface area contributed by atoms with Crippen LogP contribution < -0.4 is 0 Å². The van der Waals surface area contributed by atoms with Crippen molar-refractivity contribution < 1.29 is 9.59 Å². The van der Waals surface area contributed by atoms with E-state index in [-0.39, 0.29) is 23.8 Å². The number of benzene rings is 1. The van der Waals surface area contributed by atoms with Crippen LogP contribution in [0.25, 0.3) is 0 Å². The molecule has 17 heavy (non-hydrogen) atoms. The van der Waals surface area contributed by atoms with Crippen molar-refractivity contribution in [1.29, 1.82) is 0 Å². The monoisotopic (exact) mass is 229 g/mol. The Hall–Kier alpha value is -1.64. The molecule has 88 valence electrons. The van der Waals surface area contributed by atoms with Gasteiger partial charge in [-0.2, -0.15) is 0 Å². The van der Waals surface area contributed by atoms with E-state index in [9.17, 15) is 9.59 Å². The molecule has 1 aliphatic carbocycles. The lowest BCUT2D eigenvalue weighted by atomic mass is 9.94. The average Bonchev–Trinajstić information content (AvgIpc) is 3.01. The molecule has 1 aromatic carbocycles. The lowest BCUT2D eigenvalue weighted by Crippen LogP contribution is -2.41. The predicted molar refractivity (Wildman–Crippen MR) is 63.2 cm³/mol. The maximum atomic E-state index is 12.4. The quantitative estimate of drug-likeness (QED) is 0.724. The zero-order valence-electron chi connectivity index (χ0n) is 10.0. The van der Waals surface area contributed by atoms with Crippen molar-refractivity contribution in [2.24, 2.45) is 5.92 Å². The van der Waals surface area contributed by atoms with Crippen LogP contribution in [0.15, 0.2) is 30.3 Å². The Bertz CT molecular complexity index is 494. The molecular weight excluding hydrogens is 214 g/mol. The van der Waals surface area contributed by atoms with Gasteiger partial charge in [0.05, 0.1) is 11.3 Å². The summed E-state index contributed by atoms with van der Waals surface area (Å²) in [6, 6.07) is 9.65. The van der Waals surface area contributed by atoms with Crippen LogP contribution in [0.4, 0.5) is 0 Å². The highest BCUT2D eigenvalue weighted by Gasteiger charge is 2.72. The summed E-state index contributed by atoms with van der Waals surface area (Å²) in [4.78, 5) is 25.9. The first kappa shape index (κ1) is 10.5. The van der Waals surface area contributed by atoms with Gasteiger partial charge in [-0.25, -0.2) is 0 Å². The number of amides is 2. The maximum absolute atomic E-state index is 12.4. The number of imide groups is 1. The molecule has 0 spiro atoms. The number of likely N-dealkylation sites (tertiary alicyclic amines) is 1. The van der Waals surface area contributed by atoms with E-state index >= 15 is 0 Å². The van der Waals surface area contributed by atoms with Gasteiger partial charge >= 0.3 is 0 Å². The molecule has 0 aromatic heterocycles. The van der Waals surface area contributed by atoms with Gasteiger partial charge in [0.25, 0.3) is 0 Å². The fraction of sp³-hybridized carbons (Fsp3) is 0.429. The molecule has 0 radical (unpaired) electrons. The van der Waals surface area contributed by atoms with E-state index in [0.717, 1.165) is 5.56 Å². The molecule has 2 amide bonds. The Morgan fingerprint density at radius 2 is 1.88 bits per heavy atom. The Labute approximate surface area is 100 Å². The normalized spacial score (nSPS) is 31.0. The van der Waals surface area contributed by atoms with Gasteiger partial charge < -0.3 is 0 Å². The summed E-state index contributed by atoms with van der Waals surface area (Å²) >= 11 is 0. The number of nitrogens with zero attached hydrogens (tertiary/aromatic N) is 1. The average molecular weight is 229 g/mol. The van der Waals surface area contributed by atoms with Gasteiger partial charge in [-0.15, -0.1) is 0 Å². The first-order valence-electron chi connectivity index (χ1n) is 6.02. The molecule has 2 fully saturated rings. The summed E-state index contributed by atoms with van der Waals surface area (Å²) in [5.74, 6) is -0.109. The first-order chi connectivity index (χ1) is 8.09. The van der Waals surface area contributed by atoms with E-state index in [2.05, 4.69) is 0 Å². The molecule has 1 saturated carbocycles. The van der Waals surface area contributed by atoms with Crippen molar-refractivity contribution in [3.8, 4) is 0 Å². The van der Waals surface area contributed by atoms with E-state index < -0.39 is 5.41 Å². The maximum Gasteiger partial charge on any atom is 0.240 e. The summed E-state index contributed by atoms with van der Waals surface area (Å²) in [6.45, 7) is 3.78. The Morgan fingerprint density at radius 1 is 1.24 bits per heavy atom. The highest BCUT2D eigenvalue weighted by molar-refractivity contribution is 6.15. The molecule has 2 atom stereocenters. The Morgan fingerprint density at radius 3 is 2.41 bits per heavy atom. The predicted octanol–water partition coefficient (Wildman–Crippen LogP) is 1.72. The highest BCUT2D eigenvalue weighted by atomic mass is 16.2. The van der Waals surface area contributed by atoms with Crippen molar-refractivity contribution in [2.45, 2.75) is 31.7 Å². The zero-order chi connectivity index (χ0) is 12.2. The van der Waals surface area contributed by atoms with Gasteiger partial charge in [0.1, 0.15) is 0 Å². The van der Waals surface area contributed by atoms with Crippen molar-refractivity contribution >= 4 is 11.8 Å². The van der Waals surface area contributed by atoms with Gasteiger partial charge in [0.15, 0.2) is 0 Å². The largest absolute Gasteiger partial charge is 0.279 e. The first-order valence-corrected chi connectivity index (χ1v) is 6.02. The fourth-order valence-electron chi connectivity index (χ4n) is 2.95. The van der Waals surface area contributed by atoms with Gasteiger partial charge in [0.2, 0.25) is 11.8 Å². The number of piperidine rings is 1. The number of rotatable bonds is 2. The third kappa shape index (κ3) is 1.17. The molecular formula is C14H15NO2. The second kappa shape index (κ2) is 3.19. The van der Waals surface area contributed by atoms with E-state index in [1.807, 2.05) is 44.2 Å². The molecule has 3 nitrogen and oxygen atoms in total. The fourth-order valence-corrected chi connectivity index (χ4v) is 2.95. The SMILES string of the molecule is CC(C)N1C(=O)C2CC2(c2ccccc2)C1=O. The number of hydrogen-bond acceptors (Lipinski definition) is 2. The number of hydrogen-bond donors (Lipinski definition) is 0. The topological polar surface area (TPSA) is 37.4 Å². The Kier molecular flexibility index (Phi) is 1.97. The summed E-state index contributed by atoms with van der Waals surface area (Å²) in [6.07, 6.45) is 0.692. The van der Waals surface area contributed by atoms with Crippen molar-refractivity contribution in [1.82, 2.24) is 4.90 Å². The number of fused-ring (bicyclic) bond motifs is 1. The molecule has 1 aromatic rings. The molecule has 1 heterocycles. The second-order valence-corrected chi connectivity index (χ2v) is 5.20. The lowest BCUT2D eigenvalue weighted by Gasteiger charge is -2.23. The van der Waals surface area contributed by atoms with Crippen LogP contribution in [0, 0.1) is 5.92 Å². The summed E-state index contributed by atoms with van der Waals surface area (Å²) in [7, 11) is 0. The number of carbonyl (C=O) groups is 2. The van der Waals surface area contributed by atoms with E-state index in [0.29, 0.717) is 6.42 Å². The minimum atomic E-state index is -0.525. The minimum Gasteiger partial charge on any atom is -0.279 e. The molecule has 1 aliphatic heterocycles. The zero-order valence-corrected chi connectivity index (χ0v) is 10.0. The van der Waals surface area contributed by atoms with Crippen LogP contribution in [0.3, 0.4) is 0 Å². The molecule has 2 unspecified atom stereocenters. The van der Waals surface area contributed by atoms with Crippen molar-refractivity contribution in [3.63, 3.8) is 0 Å². The molecule has 2 aliphatic rings. The summed E-state index contributed by atoms with van der Waals surface area (Å²) in [5, 5.41) is 0. The smallest absolute Gasteiger partial charge is 0.240 e. The third-order valence-electron chi connectivity index (χ3n) is 3.90. The standard InChI is InChI=1S/C14H15NO2/c1-9(2)15-12(16)11-8-14(11,13(15)17)10-6-4-3-5-7-10/h3-7,9,11H,8H2,1-2H3. The van der Waals surface area contributed by atoms with Gasteiger partial charge in [-0.1, -0.05) is 30.3 Å². The van der Waals surface area contributed by atoms with Crippen molar-refractivity contribution in [2.75, 3.05) is 0 Å². The van der Waals surface area contributed by atoms with Crippen molar-refractivity contribution in [3.05, 3.63) is 35.9 Å². The van der Waals surface area contributed by atoms with Crippen LogP contribution in [0.5, 0.6) is 0 Å². The summed E-state index contributed by atoms with van der Waals surface area (Å²) in [5.41, 5.74) is 0.467. The van der Waals surface area contributed by atoms with Crippen LogP contribution in [0.2, 0.25) is 0 Å². The molecule has 1 saturated heterocycles. The van der Waals surface area contributed by atoms with Gasteiger partial charge in [0, 0.05) is 6.04 Å². The highest BCUT2D eigenvalue weighted by Crippen LogP contribution is 2.60. The molecule has 0 bridgehead atoms. The van der Waals surface area contributed by atoms with E-state index in [1.54, 1.807) is 0 Å². The second-order valence-electron chi connectivity index (χ2n) is 5.20. The third-order valence-corrected chi connectivity index (χ3v) is 3.90. The minimum absolute atomic E-state index is 0.00583. The molecule has 3 rings (SSSR count). The van der Waals surface area contributed by atoms with Crippen LogP contribution >= 0.6 is 0 Å². The molecule has 3 heteroatoms. The van der Waals surface area contributed by atoms with Crippen LogP contribution in [-0.4, -0.2) is 22.8 Å². The number of carbonyl (C=O) groups excluding carboxylic acids is 2. The molecule has 0 N–H and O–H groups in total. The van der Waals surface area contributed by atoms with E-state index in [1.165, 1.54) is 4.90 Å². The van der Waals surface area contributed by atoms with Crippen LogP contribution in [0.1, 0.15) is 25.8 Å². The van der Waals surface area contributed by atoms with E-state index in [4.69, 9.17) is 0 Å². The van der Waals surface area contributed by atoms with Crippen LogP contribution in [-0.2, 0) is 15.0 Å². The summed E-state index contributed by atoms with van der Waals surface area (Å²) < 4.78 is 0. The Balaban J connectivity index is 2.04. The lowest BCUT2D eigenvalue weighted by molar-refractivity contribution is -0.143. The van der Waals surface area contributed by atoms with Gasteiger partial charge in [-0.3, -0.25) is 14.5 Å².